The van der Waals surface area contributed by atoms with Gasteiger partial charge in [0.15, 0.2) is 0 Å². The minimum absolute atomic E-state index is 0.0987. The lowest BCUT2D eigenvalue weighted by Crippen LogP contribution is -2.39. The number of amides is 1. The van der Waals surface area contributed by atoms with Gasteiger partial charge in [-0.1, -0.05) is 17.7 Å². The number of carbonyl (C=O) groups excluding carboxylic acids is 1. The maximum absolute atomic E-state index is 13.1. The first-order valence-electron chi connectivity index (χ1n) is 11.1. The highest BCUT2D eigenvalue weighted by molar-refractivity contribution is 7.16. The molecule has 2 bridgehead atoms. The average Bonchev–Trinajstić information content (AvgIpc) is 3.24. The number of likely N-dealkylation sites (tertiary alicyclic amines) is 1. The highest BCUT2D eigenvalue weighted by Crippen LogP contribution is 2.57. The molecule has 2 aromatic heterocycles. The van der Waals surface area contributed by atoms with Crippen molar-refractivity contribution in [3.8, 4) is 0 Å². The van der Waals surface area contributed by atoms with Crippen molar-refractivity contribution < 1.29 is 4.79 Å². The van der Waals surface area contributed by atoms with Crippen LogP contribution in [0.1, 0.15) is 65.0 Å². The maximum atomic E-state index is 13.1. The van der Waals surface area contributed by atoms with Gasteiger partial charge < -0.3 is 10.2 Å². The second-order valence-corrected chi connectivity index (χ2v) is 10.5. The fraction of sp³-hybridized carbons (Fsp3) is 0.458. The zero-order valence-corrected chi connectivity index (χ0v) is 19.0. The van der Waals surface area contributed by atoms with E-state index < -0.39 is 0 Å². The fourth-order valence-electron chi connectivity index (χ4n) is 5.38. The second kappa shape index (κ2) is 7.54. The summed E-state index contributed by atoms with van der Waals surface area (Å²) in [5, 5.41) is 7.58. The van der Waals surface area contributed by atoms with Crippen LogP contribution in [0.15, 0.2) is 29.6 Å². The number of benzene rings is 1. The van der Waals surface area contributed by atoms with Gasteiger partial charge in [-0.25, -0.2) is 9.97 Å². The highest BCUT2D eigenvalue weighted by Gasteiger charge is 2.43. The molecule has 2 aliphatic heterocycles. The van der Waals surface area contributed by atoms with E-state index in [0.717, 1.165) is 59.7 Å². The number of thiophene rings is 1. The van der Waals surface area contributed by atoms with Gasteiger partial charge in [0.05, 0.1) is 5.69 Å². The quantitative estimate of drug-likeness (QED) is 0.614. The van der Waals surface area contributed by atoms with Crippen molar-refractivity contribution in [1.82, 2.24) is 20.2 Å². The molecule has 7 heteroatoms. The van der Waals surface area contributed by atoms with Crippen molar-refractivity contribution in [2.45, 2.75) is 56.5 Å². The molecule has 4 heterocycles. The number of hydrogen-bond donors (Lipinski definition) is 1. The number of hydrogen-bond acceptors (Lipinski definition) is 5. The standard InChI is InChI=1S/C24H25ClN4OS/c1-13-26-22(18-7-9-31-23(18)27-13)20-11-19(20)17-5-2-14(10-21(17)25)24(30)29-8-6-15-3-4-16(12-29)28-15/h2,5,7,9-10,15-16,19-20,28H,3-4,6,8,11-12H2,1H3. The van der Waals surface area contributed by atoms with Gasteiger partial charge in [-0.15, -0.1) is 11.3 Å². The largest absolute Gasteiger partial charge is 0.337 e. The summed E-state index contributed by atoms with van der Waals surface area (Å²) in [7, 11) is 0. The number of aromatic nitrogens is 2. The summed E-state index contributed by atoms with van der Waals surface area (Å²) in [5.41, 5.74) is 2.96. The lowest BCUT2D eigenvalue weighted by atomic mass is 10.0. The van der Waals surface area contributed by atoms with Crippen LogP contribution in [-0.2, 0) is 0 Å². The Morgan fingerprint density at radius 3 is 2.90 bits per heavy atom. The molecule has 1 saturated carbocycles. The topological polar surface area (TPSA) is 58.1 Å². The predicted molar refractivity (Wildman–Crippen MR) is 124 cm³/mol. The number of carbonyl (C=O) groups is 1. The third-order valence-corrected chi connectivity index (χ3v) is 8.20. The minimum Gasteiger partial charge on any atom is -0.337 e. The molecular formula is C24H25ClN4OS. The third-order valence-electron chi connectivity index (χ3n) is 7.07. The van der Waals surface area contributed by atoms with Gasteiger partial charge in [0.2, 0.25) is 0 Å². The normalized spacial score (nSPS) is 27.5. The zero-order valence-electron chi connectivity index (χ0n) is 17.5. The lowest BCUT2D eigenvalue weighted by molar-refractivity contribution is 0.0748. The smallest absolute Gasteiger partial charge is 0.253 e. The van der Waals surface area contributed by atoms with E-state index in [0.29, 0.717) is 34.5 Å². The highest BCUT2D eigenvalue weighted by atomic mass is 35.5. The number of halogens is 1. The van der Waals surface area contributed by atoms with E-state index in [1.54, 1.807) is 11.3 Å². The van der Waals surface area contributed by atoms with Crippen molar-refractivity contribution in [3.05, 3.63) is 57.3 Å². The molecule has 3 aliphatic rings. The Morgan fingerprint density at radius 2 is 2.03 bits per heavy atom. The Kier molecular flexibility index (Phi) is 4.78. The molecule has 1 N–H and O–H groups in total. The van der Waals surface area contributed by atoms with Crippen molar-refractivity contribution in [2.75, 3.05) is 13.1 Å². The summed E-state index contributed by atoms with van der Waals surface area (Å²) >= 11 is 8.37. The zero-order chi connectivity index (χ0) is 21.1. The van der Waals surface area contributed by atoms with Gasteiger partial charge in [-0.05, 0) is 67.7 Å². The molecule has 1 amide bonds. The molecule has 0 radical (unpaired) electrons. The number of nitrogens with zero attached hydrogens (tertiary/aromatic N) is 3. The van der Waals surface area contributed by atoms with Crippen LogP contribution in [0.5, 0.6) is 0 Å². The van der Waals surface area contributed by atoms with Crippen LogP contribution in [0.3, 0.4) is 0 Å². The van der Waals surface area contributed by atoms with Crippen molar-refractivity contribution >= 4 is 39.1 Å². The molecule has 2 saturated heterocycles. The summed E-state index contributed by atoms with van der Waals surface area (Å²) in [6.07, 6.45) is 4.47. The molecule has 160 valence electrons. The molecule has 3 fully saturated rings. The van der Waals surface area contributed by atoms with E-state index in [2.05, 4.69) is 27.8 Å². The second-order valence-electron chi connectivity index (χ2n) is 9.16. The summed E-state index contributed by atoms with van der Waals surface area (Å²) in [6.45, 7) is 3.57. The Labute approximate surface area is 190 Å². The van der Waals surface area contributed by atoms with Crippen molar-refractivity contribution in [3.63, 3.8) is 0 Å². The molecule has 6 rings (SSSR count). The van der Waals surface area contributed by atoms with E-state index in [1.165, 1.54) is 6.42 Å². The SMILES string of the molecule is Cc1nc(C2CC2c2ccc(C(=O)N3CCC4CCC(C3)N4)cc2Cl)c2ccsc2n1. The van der Waals surface area contributed by atoms with Crippen LogP contribution in [0.2, 0.25) is 5.02 Å². The number of rotatable bonds is 3. The van der Waals surface area contributed by atoms with Crippen LogP contribution < -0.4 is 5.32 Å². The molecule has 0 spiro atoms. The van der Waals surface area contributed by atoms with Gasteiger partial charge >= 0.3 is 0 Å². The van der Waals surface area contributed by atoms with Crippen molar-refractivity contribution in [1.29, 1.82) is 0 Å². The first-order chi connectivity index (χ1) is 15.1. The molecule has 1 aromatic carbocycles. The summed E-state index contributed by atoms with van der Waals surface area (Å²) in [4.78, 5) is 25.5. The molecule has 4 atom stereocenters. The Hall–Kier alpha value is -2.02. The van der Waals surface area contributed by atoms with Gasteiger partial charge in [-0.3, -0.25) is 4.79 Å². The summed E-state index contributed by atoms with van der Waals surface area (Å²) in [6, 6.07) is 9.01. The molecule has 5 nitrogen and oxygen atoms in total. The maximum Gasteiger partial charge on any atom is 0.253 e. The van der Waals surface area contributed by atoms with Crippen LogP contribution in [0.4, 0.5) is 0 Å². The van der Waals surface area contributed by atoms with Crippen molar-refractivity contribution in [2.24, 2.45) is 0 Å². The van der Waals surface area contributed by atoms with E-state index in [1.807, 2.05) is 24.0 Å². The number of nitrogens with one attached hydrogen (secondary N) is 1. The van der Waals surface area contributed by atoms with Gasteiger partial charge in [-0.2, -0.15) is 0 Å². The van der Waals surface area contributed by atoms with Crippen LogP contribution in [0, 0.1) is 6.92 Å². The first-order valence-corrected chi connectivity index (χ1v) is 12.4. The van der Waals surface area contributed by atoms with E-state index in [-0.39, 0.29) is 5.91 Å². The Bertz CT molecular complexity index is 1180. The lowest BCUT2D eigenvalue weighted by Gasteiger charge is -2.24. The van der Waals surface area contributed by atoms with E-state index in [9.17, 15) is 4.79 Å². The van der Waals surface area contributed by atoms with E-state index >= 15 is 0 Å². The summed E-state index contributed by atoms with van der Waals surface area (Å²) < 4.78 is 0. The Balaban J connectivity index is 1.22. The molecule has 1 aliphatic carbocycles. The third kappa shape index (κ3) is 3.55. The molecule has 31 heavy (non-hydrogen) atoms. The van der Waals surface area contributed by atoms with Crippen LogP contribution >= 0.6 is 22.9 Å². The van der Waals surface area contributed by atoms with Gasteiger partial charge in [0, 0.05) is 47.1 Å². The first kappa shape index (κ1) is 19.6. The Morgan fingerprint density at radius 1 is 1.16 bits per heavy atom. The molecule has 4 unspecified atom stereocenters. The fourth-order valence-corrected chi connectivity index (χ4v) is 6.52. The van der Waals surface area contributed by atoms with E-state index in [4.69, 9.17) is 16.6 Å². The molecular weight excluding hydrogens is 428 g/mol. The monoisotopic (exact) mass is 452 g/mol. The predicted octanol–water partition coefficient (Wildman–Crippen LogP) is 4.89. The molecule has 3 aromatic rings. The number of fused-ring (bicyclic) bond motifs is 3. The van der Waals surface area contributed by atoms with Crippen LogP contribution in [0.25, 0.3) is 10.2 Å². The van der Waals surface area contributed by atoms with Gasteiger partial charge in [0.25, 0.3) is 5.91 Å². The number of aryl methyl sites for hydroxylation is 1. The summed E-state index contributed by atoms with van der Waals surface area (Å²) in [5.74, 6) is 1.64. The van der Waals surface area contributed by atoms with Gasteiger partial charge in [0.1, 0.15) is 10.7 Å². The van der Waals surface area contributed by atoms with Crippen LogP contribution in [-0.4, -0.2) is 45.9 Å². The average molecular weight is 453 g/mol. The minimum atomic E-state index is 0.0987.